The fraction of sp³-hybridized carbons (Fsp3) is 0.571. The first-order valence-corrected chi connectivity index (χ1v) is 9.30. The van der Waals surface area contributed by atoms with Gasteiger partial charge < -0.3 is 5.73 Å². The van der Waals surface area contributed by atoms with Gasteiger partial charge >= 0.3 is 0 Å². The summed E-state index contributed by atoms with van der Waals surface area (Å²) in [6, 6.07) is 2.47. The Hall–Kier alpha value is -0.660. The van der Waals surface area contributed by atoms with Gasteiger partial charge in [-0.1, -0.05) is 25.7 Å². The molecule has 1 aliphatic carbocycles. The van der Waals surface area contributed by atoms with Gasteiger partial charge in [-0.2, -0.15) is 4.31 Å². The van der Waals surface area contributed by atoms with Gasteiger partial charge in [-0.05, 0) is 40.9 Å². The van der Waals surface area contributed by atoms with Crippen LogP contribution in [0.4, 0.5) is 10.1 Å². The molecule has 0 aromatic heterocycles. The molecule has 4 nitrogen and oxygen atoms in total. The fourth-order valence-electron chi connectivity index (χ4n) is 2.74. The monoisotopic (exact) mass is 378 g/mol. The minimum absolute atomic E-state index is 0.0651. The van der Waals surface area contributed by atoms with Gasteiger partial charge in [0.1, 0.15) is 4.90 Å². The lowest BCUT2D eigenvalue weighted by Crippen LogP contribution is -2.37. The van der Waals surface area contributed by atoms with Crippen molar-refractivity contribution in [3.63, 3.8) is 0 Å². The van der Waals surface area contributed by atoms with Crippen molar-refractivity contribution in [1.82, 2.24) is 4.31 Å². The van der Waals surface area contributed by atoms with Crippen LogP contribution in [0.1, 0.15) is 38.5 Å². The number of sulfonamides is 1. The number of anilines is 1. The zero-order valence-electron chi connectivity index (χ0n) is 12.0. The molecule has 1 aromatic carbocycles. The number of nitrogen functional groups attached to an aromatic ring is 1. The smallest absolute Gasteiger partial charge is 0.246 e. The van der Waals surface area contributed by atoms with Gasteiger partial charge in [0.05, 0.1) is 4.47 Å². The van der Waals surface area contributed by atoms with Crippen LogP contribution in [0, 0.1) is 5.82 Å². The highest BCUT2D eigenvalue weighted by atomic mass is 79.9. The van der Waals surface area contributed by atoms with Gasteiger partial charge in [-0.25, -0.2) is 12.8 Å². The molecule has 21 heavy (non-hydrogen) atoms. The topological polar surface area (TPSA) is 63.4 Å². The average Bonchev–Trinajstić information content (AvgIpc) is 2.70. The summed E-state index contributed by atoms with van der Waals surface area (Å²) in [4.78, 5) is -0.360. The van der Waals surface area contributed by atoms with Crippen molar-refractivity contribution in [3.8, 4) is 0 Å². The molecule has 0 amide bonds. The lowest BCUT2D eigenvalue weighted by molar-refractivity contribution is 0.334. The first kappa shape index (κ1) is 16.7. The molecule has 1 fully saturated rings. The largest absolute Gasteiger partial charge is 0.399 e. The number of benzene rings is 1. The van der Waals surface area contributed by atoms with Crippen molar-refractivity contribution in [1.29, 1.82) is 0 Å². The van der Waals surface area contributed by atoms with Crippen LogP contribution in [0.2, 0.25) is 0 Å². The third-order valence-electron chi connectivity index (χ3n) is 4.01. The molecule has 0 spiro atoms. The number of rotatable bonds is 3. The summed E-state index contributed by atoms with van der Waals surface area (Å²) < 4.78 is 40.9. The Morgan fingerprint density at radius 1 is 1.24 bits per heavy atom. The van der Waals surface area contributed by atoms with Crippen molar-refractivity contribution in [2.45, 2.75) is 49.5 Å². The molecule has 2 rings (SSSR count). The number of nitrogens with two attached hydrogens (primary N) is 1. The first-order valence-electron chi connectivity index (χ1n) is 7.06. The van der Waals surface area contributed by atoms with E-state index in [2.05, 4.69) is 15.9 Å². The van der Waals surface area contributed by atoms with Crippen molar-refractivity contribution >= 4 is 31.6 Å². The molecule has 0 saturated heterocycles. The van der Waals surface area contributed by atoms with E-state index in [0.29, 0.717) is 0 Å². The van der Waals surface area contributed by atoms with E-state index in [1.54, 1.807) is 0 Å². The number of halogens is 2. The van der Waals surface area contributed by atoms with E-state index in [-0.39, 0.29) is 21.1 Å². The fourth-order valence-corrected chi connectivity index (χ4v) is 4.89. The third kappa shape index (κ3) is 3.57. The van der Waals surface area contributed by atoms with Crippen molar-refractivity contribution in [2.75, 3.05) is 12.8 Å². The minimum Gasteiger partial charge on any atom is -0.399 e. The zero-order chi connectivity index (χ0) is 15.6. The maximum atomic E-state index is 14.2. The SMILES string of the molecule is CN(C1CCCCCC1)S(=O)(=O)c1cc(N)cc(Br)c1F. The zero-order valence-corrected chi connectivity index (χ0v) is 14.4. The van der Waals surface area contributed by atoms with Crippen molar-refractivity contribution in [2.24, 2.45) is 0 Å². The van der Waals surface area contributed by atoms with Crippen LogP contribution in [0.15, 0.2) is 21.5 Å². The van der Waals surface area contributed by atoms with Gasteiger partial charge in [0.15, 0.2) is 5.82 Å². The Balaban J connectivity index is 2.37. The Kier molecular flexibility index (Phi) is 5.27. The molecule has 0 bridgehead atoms. The maximum absolute atomic E-state index is 14.2. The number of hydrogen-bond acceptors (Lipinski definition) is 3. The molecule has 0 radical (unpaired) electrons. The van der Waals surface area contributed by atoms with E-state index in [1.165, 1.54) is 23.5 Å². The number of hydrogen-bond donors (Lipinski definition) is 1. The standard InChI is InChI=1S/C14H20BrFN2O2S/c1-18(11-6-4-2-3-5-7-11)21(19,20)13-9-10(17)8-12(15)14(13)16/h8-9,11H,2-7,17H2,1H3. The van der Waals surface area contributed by atoms with Gasteiger partial charge in [-0.3, -0.25) is 0 Å². The molecule has 2 N–H and O–H groups in total. The normalized spacial score (nSPS) is 17.9. The molecular weight excluding hydrogens is 359 g/mol. The molecule has 0 aliphatic heterocycles. The minimum atomic E-state index is -3.88. The molecule has 0 unspecified atom stereocenters. The lowest BCUT2D eigenvalue weighted by atomic mass is 10.1. The molecule has 0 heterocycles. The van der Waals surface area contributed by atoms with E-state index in [4.69, 9.17) is 5.73 Å². The Bertz CT molecular complexity index is 614. The highest BCUT2D eigenvalue weighted by Gasteiger charge is 2.31. The van der Waals surface area contributed by atoms with E-state index in [9.17, 15) is 12.8 Å². The van der Waals surface area contributed by atoms with Crippen LogP contribution in [-0.2, 0) is 10.0 Å². The van der Waals surface area contributed by atoms with Crippen LogP contribution < -0.4 is 5.73 Å². The second-order valence-electron chi connectivity index (χ2n) is 5.48. The summed E-state index contributed by atoms with van der Waals surface area (Å²) in [6.07, 6.45) is 5.91. The second-order valence-corrected chi connectivity index (χ2v) is 8.30. The molecule has 1 saturated carbocycles. The van der Waals surface area contributed by atoms with Crippen LogP contribution in [-0.4, -0.2) is 25.8 Å². The predicted molar refractivity (Wildman–Crippen MR) is 85.0 cm³/mol. The van der Waals surface area contributed by atoms with Crippen molar-refractivity contribution in [3.05, 3.63) is 22.4 Å². The lowest BCUT2D eigenvalue weighted by Gasteiger charge is -2.26. The van der Waals surface area contributed by atoms with Crippen LogP contribution in [0.25, 0.3) is 0 Å². The molecule has 1 aliphatic rings. The summed E-state index contributed by atoms with van der Waals surface area (Å²) in [7, 11) is -2.35. The van der Waals surface area contributed by atoms with Crippen LogP contribution in [0.5, 0.6) is 0 Å². The summed E-state index contributed by atoms with van der Waals surface area (Å²) in [5.74, 6) is -0.787. The van der Waals surface area contributed by atoms with Gasteiger partial charge in [0.2, 0.25) is 10.0 Å². The van der Waals surface area contributed by atoms with E-state index in [0.717, 1.165) is 38.5 Å². The number of nitrogens with zero attached hydrogens (tertiary/aromatic N) is 1. The maximum Gasteiger partial charge on any atom is 0.246 e. The third-order valence-corrected chi connectivity index (χ3v) is 6.50. The Morgan fingerprint density at radius 3 is 2.38 bits per heavy atom. The summed E-state index contributed by atoms with van der Waals surface area (Å²) in [5, 5.41) is 0. The van der Waals surface area contributed by atoms with Crippen LogP contribution in [0.3, 0.4) is 0 Å². The average molecular weight is 379 g/mol. The molecule has 118 valence electrons. The highest BCUT2D eigenvalue weighted by Crippen LogP contribution is 2.31. The van der Waals surface area contributed by atoms with E-state index >= 15 is 0 Å². The van der Waals surface area contributed by atoms with Crippen LogP contribution >= 0.6 is 15.9 Å². The molecular formula is C14H20BrFN2O2S. The Labute approximate surface area is 133 Å². The summed E-state index contributed by atoms with van der Waals surface area (Å²) >= 11 is 3.01. The predicted octanol–water partition coefficient (Wildman–Crippen LogP) is 3.51. The van der Waals surface area contributed by atoms with E-state index < -0.39 is 15.8 Å². The summed E-state index contributed by atoms with van der Waals surface area (Å²) in [6.45, 7) is 0. The second kappa shape index (κ2) is 6.62. The van der Waals surface area contributed by atoms with E-state index in [1.807, 2.05) is 0 Å². The molecule has 0 atom stereocenters. The molecule has 1 aromatic rings. The molecule has 7 heteroatoms. The Morgan fingerprint density at radius 2 is 1.81 bits per heavy atom. The van der Waals surface area contributed by atoms with Gasteiger partial charge in [0.25, 0.3) is 0 Å². The summed E-state index contributed by atoms with van der Waals surface area (Å²) in [5.41, 5.74) is 5.87. The van der Waals surface area contributed by atoms with Crippen molar-refractivity contribution < 1.29 is 12.8 Å². The van der Waals surface area contributed by atoms with Gasteiger partial charge in [-0.15, -0.1) is 0 Å². The quantitative estimate of drug-likeness (QED) is 0.646. The van der Waals surface area contributed by atoms with Gasteiger partial charge in [0, 0.05) is 18.8 Å². The highest BCUT2D eigenvalue weighted by molar-refractivity contribution is 9.10. The first-order chi connectivity index (χ1) is 9.84.